The molecule has 1 aromatic heterocycles. The van der Waals surface area contributed by atoms with Gasteiger partial charge in [0.15, 0.2) is 0 Å². The molecule has 3 aromatic carbocycles. The van der Waals surface area contributed by atoms with Crippen LogP contribution < -0.4 is 10.6 Å². The van der Waals surface area contributed by atoms with Crippen molar-refractivity contribution in [1.82, 2.24) is 10.2 Å². The number of amides is 2. The van der Waals surface area contributed by atoms with Crippen molar-refractivity contribution in [3.8, 4) is 0 Å². The van der Waals surface area contributed by atoms with Crippen LogP contribution in [0.25, 0.3) is 11.0 Å². The summed E-state index contributed by atoms with van der Waals surface area (Å²) in [5.41, 5.74) is 2.44. The van der Waals surface area contributed by atoms with Gasteiger partial charge in [0.2, 0.25) is 6.41 Å². The Labute approximate surface area is 205 Å². The van der Waals surface area contributed by atoms with Crippen LogP contribution in [-0.4, -0.2) is 24.3 Å². The third-order valence-electron chi connectivity index (χ3n) is 5.47. The van der Waals surface area contributed by atoms with Crippen molar-refractivity contribution in [3.63, 3.8) is 0 Å². The summed E-state index contributed by atoms with van der Waals surface area (Å²) in [6, 6.07) is 15.3. The van der Waals surface area contributed by atoms with Gasteiger partial charge in [0.1, 0.15) is 23.0 Å². The first-order valence-electron chi connectivity index (χ1n) is 10.7. The number of benzene rings is 3. The number of nitrogens with one attached hydrogen (secondary N) is 2. The molecule has 2 amide bonds. The summed E-state index contributed by atoms with van der Waals surface area (Å²) in [6.45, 7) is 0.743. The summed E-state index contributed by atoms with van der Waals surface area (Å²) < 4.78 is 33.1. The lowest BCUT2D eigenvalue weighted by atomic mass is 10.1. The average molecular weight is 498 g/mol. The van der Waals surface area contributed by atoms with Gasteiger partial charge in [0.05, 0.1) is 6.54 Å². The molecule has 4 aromatic rings. The van der Waals surface area contributed by atoms with E-state index in [-0.39, 0.29) is 24.8 Å². The summed E-state index contributed by atoms with van der Waals surface area (Å²) >= 11 is 6.12. The topological polar surface area (TPSA) is 74.6 Å². The first-order valence-corrected chi connectivity index (χ1v) is 11.1. The van der Waals surface area contributed by atoms with Crippen molar-refractivity contribution in [1.29, 1.82) is 0 Å². The van der Waals surface area contributed by atoms with Crippen LogP contribution in [0, 0.1) is 11.6 Å². The number of hydrogen-bond donors (Lipinski definition) is 2. The zero-order chi connectivity index (χ0) is 24.9. The summed E-state index contributed by atoms with van der Waals surface area (Å²) in [5.74, 6) is -0.650. The molecule has 0 aliphatic heterocycles. The monoisotopic (exact) mass is 497 g/mol. The fraction of sp³-hybridized carbons (Fsp3) is 0.154. The molecule has 6 nitrogen and oxygen atoms in total. The van der Waals surface area contributed by atoms with Gasteiger partial charge < -0.3 is 15.1 Å². The summed E-state index contributed by atoms with van der Waals surface area (Å²) in [4.78, 5) is 25.7. The van der Waals surface area contributed by atoms with Crippen molar-refractivity contribution in [2.75, 3.05) is 12.4 Å². The minimum Gasteiger partial charge on any atom is -0.459 e. The number of anilines is 1. The molecule has 1 heterocycles. The Morgan fingerprint density at radius 1 is 1.09 bits per heavy atom. The van der Waals surface area contributed by atoms with Crippen LogP contribution in [0.2, 0.25) is 5.02 Å². The highest BCUT2D eigenvalue weighted by atomic mass is 35.5. The van der Waals surface area contributed by atoms with Crippen LogP contribution in [-0.2, 0) is 24.4 Å². The second kappa shape index (κ2) is 10.7. The van der Waals surface area contributed by atoms with E-state index in [1.54, 1.807) is 43.4 Å². The molecule has 0 saturated carbocycles. The number of fused-ring (bicyclic) bond motifs is 1. The second-order valence-corrected chi connectivity index (χ2v) is 8.49. The molecule has 0 radical (unpaired) electrons. The van der Waals surface area contributed by atoms with Crippen LogP contribution in [0.4, 0.5) is 14.5 Å². The summed E-state index contributed by atoms with van der Waals surface area (Å²) in [7, 11) is 1.80. The summed E-state index contributed by atoms with van der Waals surface area (Å²) in [5, 5.41) is 6.32. The van der Waals surface area contributed by atoms with Crippen molar-refractivity contribution in [3.05, 3.63) is 99.8 Å². The number of rotatable bonds is 9. The van der Waals surface area contributed by atoms with Crippen LogP contribution in [0.1, 0.15) is 27.2 Å². The maximum absolute atomic E-state index is 14.1. The highest BCUT2D eigenvalue weighted by Gasteiger charge is 2.15. The molecule has 0 fully saturated rings. The van der Waals surface area contributed by atoms with E-state index in [4.69, 9.17) is 16.0 Å². The molecule has 0 spiro atoms. The summed E-state index contributed by atoms with van der Waals surface area (Å²) in [6.07, 6.45) is 0.530. The Balaban J connectivity index is 1.44. The van der Waals surface area contributed by atoms with E-state index in [2.05, 4.69) is 10.6 Å². The molecular weight excluding hydrogens is 476 g/mol. The molecule has 0 saturated heterocycles. The normalized spacial score (nSPS) is 11.1. The van der Waals surface area contributed by atoms with Crippen molar-refractivity contribution in [2.24, 2.45) is 0 Å². The lowest BCUT2D eigenvalue weighted by Crippen LogP contribution is -2.23. The maximum atomic E-state index is 14.1. The predicted octanol–water partition coefficient (Wildman–Crippen LogP) is 5.49. The molecular formula is C26H22ClF2N3O3. The zero-order valence-electron chi connectivity index (χ0n) is 18.8. The Hall–Kier alpha value is -3.75. The fourth-order valence-electron chi connectivity index (χ4n) is 3.78. The van der Waals surface area contributed by atoms with E-state index in [9.17, 15) is 18.4 Å². The van der Waals surface area contributed by atoms with E-state index >= 15 is 0 Å². The first-order chi connectivity index (χ1) is 16.8. The minimum atomic E-state index is -0.391. The van der Waals surface area contributed by atoms with Crippen LogP contribution in [0.3, 0.4) is 0 Å². The third-order valence-corrected chi connectivity index (χ3v) is 5.82. The average Bonchev–Trinajstić information content (AvgIpc) is 3.23. The van der Waals surface area contributed by atoms with Crippen LogP contribution in [0.5, 0.6) is 0 Å². The van der Waals surface area contributed by atoms with E-state index in [1.165, 1.54) is 24.3 Å². The van der Waals surface area contributed by atoms with Crippen molar-refractivity contribution in [2.45, 2.75) is 19.6 Å². The molecule has 9 heteroatoms. The Morgan fingerprint density at radius 2 is 1.91 bits per heavy atom. The number of hydrogen-bond acceptors (Lipinski definition) is 4. The van der Waals surface area contributed by atoms with Gasteiger partial charge in [0.25, 0.3) is 5.91 Å². The molecule has 0 aliphatic rings. The van der Waals surface area contributed by atoms with Gasteiger partial charge >= 0.3 is 0 Å². The second-order valence-electron chi connectivity index (χ2n) is 8.08. The standard InChI is InChI=1S/C26H22ClF2N3O3/c1-32(14-21-22(27)3-2-4-23(21)29)13-17-6-5-16(11-24(17)31-15-33)26(34)30-12-20-10-18-9-19(28)7-8-25(18)35-20/h2-11,15H,12-14H2,1H3,(H,30,34)(H,31,33). The third kappa shape index (κ3) is 5.85. The number of furan rings is 1. The van der Waals surface area contributed by atoms with Gasteiger partial charge in [-0.05, 0) is 61.1 Å². The van der Waals surface area contributed by atoms with Gasteiger partial charge in [-0.3, -0.25) is 14.5 Å². The van der Waals surface area contributed by atoms with Gasteiger partial charge in [-0.1, -0.05) is 23.7 Å². The van der Waals surface area contributed by atoms with Crippen molar-refractivity contribution < 1.29 is 22.8 Å². The van der Waals surface area contributed by atoms with Gasteiger partial charge in [0, 0.05) is 40.3 Å². The largest absolute Gasteiger partial charge is 0.459 e. The molecule has 0 atom stereocenters. The Morgan fingerprint density at radius 3 is 2.69 bits per heavy atom. The quantitative estimate of drug-likeness (QED) is 0.300. The van der Waals surface area contributed by atoms with Gasteiger partial charge in [-0.2, -0.15) is 0 Å². The smallest absolute Gasteiger partial charge is 0.251 e. The number of nitrogens with zero attached hydrogens (tertiary/aromatic N) is 1. The van der Waals surface area contributed by atoms with Crippen LogP contribution >= 0.6 is 11.6 Å². The molecule has 35 heavy (non-hydrogen) atoms. The van der Waals surface area contributed by atoms with E-state index in [1.807, 2.05) is 4.90 Å². The van der Waals surface area contributed by atoms with E-state index < -0.39 is 5.82 Å². The fourth-order valence-corrected chi connectivity index (χ4v) is 4.00. The zero-order valence-corrected chi connectivity index (χ0v) is 19.5. The minimum absolute atomic E-state index is 0.111. The molecule has 0 unspecified atom stereocenters. The molecule has 0 aliphatic carbocycles. The Kier molecular flexibility index (Phi) is 7.43. The highest BCUT2D eigenvalue weighted by Crippen LogP contribution is 2.24. The predicted molar refractivity (Wildman–Crippen MR) is 130 cm³/mol. The first kappa shape index (κ1) is 24.4. The lowest BCUT2D eigenvalue weighted by molar-refractivity contribution is -0.105. The highest BCUT2D eigenvalue weighted by molar-refractivity contribution is 6.31. The Bertz CT molecular complexity index is 1370. The van der Waals surface area contributed by atoms with Gasteiger partial charge in [-0.25, -0.2) is 8.78 Å². The maximum Gasteiger partial charge on any atom is 0.251 e. The lowest BCUT2D eigenvalue weighted by Gasteiger charge is -2.20. The van der Waals surface area contributed by atoms with Crippen molar-refractivity contribution >= 4 is 40.6 Å². The van der Waals surface area contributed by atoms with Crippen LogP contribution in [0.15, 0.2) is 65.1 Å². The van der Waals surface area contributed by atoms with E-state index in [0.717, 1.165) is 5.56 Å². The number of carbonyl (C=O) groups is 2. The SMILES string of the molecule is CN(Cc1ccc(C(=O)NCc2cc3cc(F)ccc3o2)cc1NC=O)Cc1c(F)cccc1Cl. The molecule has 4 rings (SSSR count). The number of carbonyl (C=O) groups excluding carboxylic acids is 2. The molecule has 2 N–H and O–H groups in total. The van der Waals surface area contributed by atoms with E-state index in [0.29, 0.717) is 51.5 Å². The van der Waals surface area contributed by atoms with Gasteiger partial charge in [-0.15, -0.1) is 0 Å². The number of halogens is 3. The molecule has 0 bridgehead atoms. The molecule has 180 valence electrons.